The van der Waals surface area contributed by atoms with Crippen molar-refractivity contribution in [2.24, 2.45) is 0 Å². The molecule has 1 amide bonds. The Balaban J connectivity index is 1.70. The van der Waals surface area contributed by atoms with Gasteiger partial charge in [-0.05, 0) is 48.2 Å². The molecule has 1 saturated heterocycles. The summed E-state index contributed by atoms with van der Waals surface area (Å²) in [6.07, 6.45) is 10.7. The van der Waals surface area contributed by atoms with Gasteiger partial charge in [0, 0.05) is 63.8 Å². The molecule has 0 radical (unpaired) electrons. The monoisotopic (exact) mass is 429 g/mol. The van der Waals surface area contributed by atoms with Gasteiger partial charge in [-0.25, -0.2) is 9.97 Å². The lowest BCUT2D eigenvalue weighted by atomic mass is 9.83. The van der Waals surface area contributed by atoms with Gasteiger partial charge in [0.15, 0.2) is 0 Å². The van der Waals surface area contributed by atoms with Crippen LogP contribution < -0.4 is 0 Å². The summed E-state index contributed by atoms with van der Waals surface area (Å²) in [5.74, 6) is 1.00. The molecule has 0 N–H and O–H groups in total. The number of aromatic nitrogens is 3. The van der Waals surface area contributed by atoms with Crippen molar-refractivity contribution in [1.29, 1.82) is 0 Å². The van der Waals surface area contributed by atoms with Gasteiger partial charge in [-0.3, -0.25) is 14.7 Å². The Morgan fingerprint density at radius 3 is 2.50 bits per heavy atom. The first kappa shape index (κ1) is 22.1. The van der Waals surface area contributed by atoms with Crippen LogP contribution in [0, 0.1) is 0 Å². The van der Waals surface area contributed by atoms with E-state index in [-0.39, 0.29) is 5.91 Å². The van der Waals surface area contributed by atoms with Gasteiger partial charge in [0.1, 0.15) is 11.4 Å². The molecule has 1 aliphatic rings. The van der Waals surface area contributed by atoms with E-state index in [0.29, 0.717) is 13.0 Å². The van der Waals surface area contributed by atoms with E-state index in [4.69, 9.17) is 0 Å². The highest BCUT2D eigenvalue weighted by molar-refractivity contribution is 5.87. The van der Waals surface area contributed by atoms with Crippen molar-refractivity contribution in [3.8, 4) is 11.1 Å². The number of benzene rings is 1. The molecule has 1 atom stereocenters. The summed E-state index contributed by atoms with van der Waals surface area (Å²) >= 11 is 0. The lowest BCUT2D eigenvalue weighted by Gasteiger charge is -2.39. The van der Waals surface area contributed by atoms with Crippen molar-refractivity contribution in [3.63, 3.8) is 0 Å². The highest BCUT2D eigenvalue weighted by Crippen LogP contribution is 2.38. The summed E-state index contributed by atoms with van der Waals surface area (Å²) in [4.78, 5) is 30.8. The first-order valence-electron chi connectivity index (χ1n) is 11.3. The largest absolute Gasteiger partial charge is 0.347 e. The molecule has 6 nitrogen and oxygen atoms in total. The number of carbonyl (C=O) groups is 1. The molecule has 3 aromatic rings. The van der Waals surface area contributed by atoms with Gasteiger partial charge < -0.3 is 4.90 Å². The fourth-order valence-corrected chi connectivity index (χ4v) is 4.77. The molecule has 0 saturated carbocycles. The molecule has 1 aromatic carbocycles. The molecule has 166 valence electrons. The van der Waals surface area contributed by atoms with E-state index in [9.17, 15) is 4.79 Å². The Morgan fingerprint density at radius 2 is 1.81 bits per heavy atom. The fraction of sp³-hybridized carbons (Fsp3) is 0.385. The van der Waals surface area contributed by atoms with Crippen LogP contribution in [-0.4, -0.2) is 56.8 Å². The number of aryl methyl sites for hydroxylation is 1. The summed E-state index contributed by atoms with van der Waals surface area (Å²) in [5.41, 5.74) is 3.91. The van der Waals surface area contributed by atoms with Gasteiger partial charge >= 0.3 is 0 Å². The quantitative estimate of drug-likeness (QED) is 0.572. The van der Waals surface area contributed by atoms with Gasteiger partial charge in [-0.15, -0.1) is 0 Å². The van der Waals surface area contributed by atoms with E-state index in [1.54, 1.807) is 4.90 Å². The molecular formula is C26H31N5O. The number of likely N-dealkylation sites (tertiary alicyclic amines) is 1. The van der Waals surface area contributed by atoms with E-state index in [1.165, 1.54) is 5.56 Å². The second-order valence-electron chi connectivity index (χ2n) is 8.69. The second-order valence-corrected chi connectivity index (χ2v) is 8.69. The number of nitrogens with zero attached hydrogens (tertiary/aromatic N) is 5. The van der Waals surface area contributed by atoms with Crippen LogP contribution in [0.5, 0.6) is 0 Å². The number of hydrogen-bond donors (Lipinski definition) is 0. The Morgan fingerprint density at radius 1 is 1.09 bits per heavy atom. The Labute approximate surface area is 190 Å². The van der Waals surface area contributed by atoms with Crippen molar-refractivity contribution in [2.45, 2.75) is 44.7 Å². The molecule has 1 aliphatic heterocycles. The molecule has 0 aliphatic carbocycles. The molecule has 1 fully saturated rings. The molecule has 0 bridgehead atoms. The standard InChI is InChI=1S/C26H31N5O/c1-4-24-28-17-20(18-29-24)19-31-15-7-12-26(31,25(32)30(2)3)16-22-8-5-6-9-23(22)21-10-13-27-14-11-21/h5-6,8-11,13-14,17-18H,4,7,12,15-16,19H2,1-3H3. The zero-order valence-electron chi connectivity index (χ0n) is 19.2. The average Bonchev–Trinajstić information content (AvgIpc) is 3.22. The van der Waals surface area contributed by atoms with Gasteiger partial charge in [-0.1, -0.05) is 31.2 Å². The van der Waals surface area contributed by atoms with Gasteiger partial charge in [-0.2, -0.15) is 0 Å². The maximum Gasteiger partial charge on any atom is 0.242 e. The minimum Gasteiger partial charge on any atom is -0.347 e. The number of pyridine rings is 1. The topological polar surface area (TPSA) is 62.2 Å². The molecule has 1 unspecified atom stereocenters. The highest BCUT2D eigenvalue weighted by Gasteiger charge is 2.48. The molecular weight excluding hydrogens is 398 g/mol. The first-order chi connectivity index (χ1) is 15.5. The number of carbonyl (C=O) groups excluding carboxylic acids is 1. The molecule has 4 rings (SSSR count). The van der Waals surface area contributed by atoms with Crippen LogP contribution in [0.15, 0.2) is 61.2 Å². The molecule has 0 spiro atoms. The van der Waals surface area contributed by atoms with E-state index in [1.807, 2.05) is 51.0 Å². The van der Waals surface area contributed by atoms with E-state index in [0.717, 1.165) is 48.3 Å². The fourth-order valence-electron chi connectivity index (χ4n) is 4.77. The van der Waals surface area contributed by atoms with Gasteiger partial charge in [0.05, 0.1) is 0 Å². The van der Waals surface area contributed by atoms with Crippen LogP contribution in [-0.2, 0) is 24.2 Å². The second kappa shape index (κ2) is 9.57. The zero-order chi connectivity index (χ0) is 22.6. The number of hydrogen-bond acceptors (Lipinski definition) is 5. The molecule has 6 heteroatoms. The van der Waals surface area contributed by atoms with Crippen LogP contribution >= 0.6 is 0 Å². The SMILES string of the molecule is CCc1ncc(CN2CCCC2(Cc2ccccc2-c2ccncc2)C(=O)N(C)C)cn1. The molecule has 3 heterocycles. The number of rotatable bonds is 7. The van der Waals surface area contributed by atoms with E-state index < -0.39 is 5.54 Å². The first-order valence-corrected chi connectivity index (χ1v) is 11.3. The third-order valence-electron chi connectivity index (χ3n) is 6.37. The lowest BCUT2D eigenvalue weighted by molar-refractivity contribution is -0.140. The summed E-state index contributed by atoms with van der Waals surface area (Å²) in [7, 11) is 3.71. The number of amides is 1. The van der Waals surface area contributed by atoms with Crippen LogP contribution in [0.4, 0.5) is 0 Å². The minimum atomic E-state index is -0.587. The highest BCUT2D eigenvalue weighted by atomic mass is 16.2. The van der Waals surface area contributed by atoms with Crippen molar-refractivity contribution < 1.29 is 4.79 Å². The maximum absolute atomic E-state index is 13.7. The average molecular weight is 430 g/mol. The summed E-state index contributed by atoms with van der Waals surface area (Å²) < 4.78 is 0. The van der Waals surface area contributed by atoms with E-state index >= 15 is 0 Å². The molecule has 32 heavy (non-hydrogen) atoms. The number of likely N-dealkylation sites (N-methyl/N-ethyl adjacent to an activating group) is 1. The van der Waals surface area contributed by atoms with Crippen LogP contribution in [0.1, 0.15) is 36.7 Å². The van der Waals surface area contributed by atoms with Gasteiger partial charge in [0.2, 0.25) is 5.91 Å². The van der Waals surface area contributed by atoms with Crippen molar-refractivity contribution in [2.75, 3.05) is 20.6 Å². The summed E-state index contributed by atoms with van der Waals surface area (Å²) in [5, 5.41) is 0. The zero-order valence-corrected chi connectivity index (χ0v) is 19.2. The smallest absolute Gasteiger partial charge is 0.242 e. The van der Waals surface area contributed by atoms with Crippen LogP contribution in [0.25, 0.3) is 11.1 Å². The van der Waals surface area contributed by atoms with Crippen LogP contribution in [0.3, 0.4) is 0 Å². The third-order valence-corrected chi connectivity index (χ3v) is 6.37. The third kappa shape index (κ3) is 4.41. The van der Waals surface area contributed by atoms with Crippen molar-refractivity contribution in [3.05, 3.63) is 78.1 Å². The van der Waals surface area contributed by atoms with Gasteiger partial charge in [0.25, 0.3) is 0 Å². The predicted molar refractivity (Wildman–Crippen MR) is 126 cm³/mol. The van der Waals surface area contributed by atoms with Crippen LogP contribution in [0.2, 0.25) is 0 Å². The normalized spacial score (nSPS) is 18.6. The summed E-state index contributed by atoms with van der Waals surface area (Å²) in [6.45, 7) is 3.60. The predicted octanol–water partition coefficient (Wildman–Crippen LogP) is 3.77. The minimum absolute atomic E-state index is 0.158. The Kier molecular flexibility index (Phi) is 6.61. The van der Waals surface area contributed by atoms with Crippen molar-refractivity contribution >= 4 is 5.91 Å². The van der Waals surface area contributed by atoms with E-state index in [2.05, 4.69) is 51.0 Å². The Hall–Kier alpha value is -3.12. The maximum atomic E-state index is 13.7. The Bertz CT molecular complexity index is 1050. The summed E-state index contributed by atoms with van der Waals surface area (Å²) in [6, 6.07) is 12.4. The molecule has 2 aromatic heterocycles. The lowest BCUT2D eigenvalue weighted by Crippen LogP contribution is -2.56. The van der Waals surface area contributed by atoms with Crippen molar-refractivity contribution in [1.82, 2.24) is 24.8 Å².